The summed E-state index contributed by atoms with van der Waals surface area (Å²) in [5, 5.41) is 0. The van der Waals surface area contributed by atoms with E-state index in [4.69, 9.17) is 4.74 Å². The van der Waals surface area contributed by atoms with Gasteiger partial charge in [-0.15, -0.1) is 0 Å². The monoisotopic (exact) mass is 262 g/mol. The third-order valence-corrected chi connectivity index (χ3v) is 2.83. The second kappa shape index (κ2) is 6.17. The van der Waals surface area contributed by atoms with Crippen molar-refractivity contribution >= 4 is 18.1 Å². The quantitative estimate of drug-likeness (QED) is 0.616. The third-order valence-electron chi connectivity index (χ3n) is 2.83. The molecule has 0 aliphatic carbocycles. The lowest BCUT2D eigenvalue weighted by molar-refractivity contribution is 0.172. The number of pyridine rings is 1. The van der Waals surface area contributed by atoms with E-state index in [1.54, 1.807) is 32.7 Å². The highest BCUT2D eigenvalue weighted by molar-refractivity contribution is 5.73. The van der Waals surface area contributed by atoms with Crippen LogP contribution in [0.3, 0.4) is 0 Å². The molecule has 1 aromatic rings. The number of hydrogen-bond acceptors (Lipinski definition) is 4. The summed E-state index contributed by atoms with van der Waals surface area (Å²) >= 11 is 0. The van der Waals surface area contributed by atoms with Crippen LogP contribution in [0.25, 0.3) is 0 Å². The molecule has 1 aromatic heterocycles. The number of carbonyl (C=O) groups excluding carboxylic acids is 1. The Morgan fingerprint density at radius 1 is 1.47 bits per heavy atom. The zero-order valence-electron chi connectivity index (χ0n) is 11.2. The van der Waals surface area contributed by atoms with E-state index in [2.05, 4.69) is 14.9 Å². The fourth-order valence-corrected chi connectivity index (χ4v) is 1.74. The summed E-state index contributed by atoms with van der Waals surface area (Å²) in [6, 6.07) is 1.73. The van der Waals surface area contributed by atoms with Gasteiger partial charge in [0.15, 0.2) is 5.75 Å². The summed E-state index contributed by atoms with van der Waals surface area (Å²) < 4.78 is 5.21. The Hall–Kier alpha value is -2.11. The molecule has 0 atom stereocenters. The van der Waals surface area contributed by atoms with Gasteiger partial charge >= 0.3 is 6.09 Å². The van der Waals surface area contributed by atoms with Crippen LogP contribution >= 0.6 is 0 Å². The van der Waals surface area contributed by atoms with Gasteiger partial charge in [0.2, 0.25) is 0 Å². The molecule has 0 spiro atoms. The minimum atomic E-state index is -0.439. The number of ether oxygens (including phenoxy) is 1. The van der Waals surface area contributed by atoms with Crippen molar-refractivity contribution in [2.75, 3.05) is 27.2 Å². The van der Waals surface area contributed by atoms with E-state index in [1.807, 2.05) is 0 Å². The second-order valence-electron chi connectivity index (χ2n) is 4.59. The molecule has 1 aliphatic rings. The fourth-order valence-electron chi connectivity index (χ4n) is 1.74. The molecule has 2 heterocycles. The molecule has 2 rings (SSSR count). The number of rotatable bonds is 3. The van der Waals surface area contributed by atoms with Gasteiger partial charge in [-0.3, -0.25) is 4.98 Å². The number of carbonyl (C=O) groups is 1. The van der Waals surface area contributed by atoms with Crippen LogP contribution < -0.4 is 4.74 Å². The zero-order chi connectivity index (χ0) is 13.7. The van der Waals surface area contributed by atoms with Crippen LogP contribution in [0.2, 0.25) is 0 Å². The number of amides is 1. The van der Waals surface area contributed by atoms with Crippen molar-refractivity contribution in [3.63, 3.8) is 0 Å². The maximum Gasteiger partial charge on any atom is 0.414 e. The number of nitrogens with zero attached hydrogens (tertiary/aromatic N) is 4. The van der Waals surface area contributed by atoms with Crippen molar-refractivity contribution in [1.29, 1.82) is 0 Å². The molecule has 1 amide bonds. The minimum absolute atomic E-state index is 0.372. The maximum atomic E-state index is 11.5. The molecular formula is C13H18N4O2. The lowest BCUT2D eigenvalue weighted by atomic mass is 10.4. The smallest absolute Gasteiger partial charge is 0.406 e. The third kappa shape index (κ3) is 3.67. The van der Waals surface area contributed by atoms with Crippen LogP contribution in [-0.4, -0.2) is 54.4 Å². The normalized spacial score (nSPS) is 14.9. The molecule has 1 saturated heterocycles. The van der Waals surface area contributed by atoms with Gasteiger partial charge in [-0.25, -0.2) is 9.79 Å². The van der Waals surface area contributed by atoms with Crippen molar-refractivity contribution in [3.05, 3.63) is 18.5 Å². The van der Waals surface area contributed by atoms with Gasteiger partial charge in [-0.1, -0.05) is 0 Å². The van der Waals surface area contributed by atoms with Gasteiger partial charge in [0.25, 0.3) is 0 Å². The van der Waals surface area contributed by atoms with E-state index >= 15 is 0 Å². The molecule has 1 fully saturated rings. The molecule has 19 heavy (non-hydrogen) atoms. The number of aliphatic imine (C=N–C) groups is 1. The van der Waals surface area contributed by atoms with E-state index in [0.717, 1.165) is 13.1 Å². The van der Waals surface area contributed by atoms with Crippen LogP contribution in [0.5, 0.6) is 5.75 Å². The topological polar surface area (TPSA) is 58.0 Å². The highest BCUT2D eigenvalue weighted by atomic mass is 16.6. The van der Waals surface area contributed by atoms with Crippen molar-refractivity contribution < 1.29 is 9.53 Å². The van der Waals surface area contributed by atoms with Crippen LogP contribution in [-0.2, 0) is 0 Å². The van der Waals surface area contributed by atoms with Crippen LogP contribution in [0.4, 0.5) is 10.5 Å². The van der Waals surface area contributed by atoms with E-state index in [9.17, 15) is 4.79 Å². The summed E-state index contributed by atoms with van der Waals surface area (Å²) in [6.45, 7) is 2.06. The first kappa shape index (κ1) is 13.3. The predicted octanol–water partition coefficient (Wildman–Crippen LogP) is 1.90. The standard InChI is InChI=1S/C13H18N4O2/c1-16(2)13(18)19-12-9-14-6-5-11(12)15-10-17-7-3-4-8-17/h5-6,9-10H,3-4,7-8H2,1-2H3/b15-10+. The predicted molar refractivity (Wildman–Crippen MR) is 72.9 cm³/mol. The number of hydrogen-bond donors (Lipinski definition) is 0. The van der Waals surface area contributed by atoms with Gasteiger partial charge in [-0.05, 0) is 18.9 Å². The zero-order valence-corrected chi connectivity index (χ0v) is 11.2. The average Bonchev–Trinajstić information content (AvgIpc) is 2.90. The highest BCUT2D eigenvalue weighted by Crippen LogP contribution is 2.26. The second-order valence-corrected chi connectivity index (χ2v) is 4.59. The Kier molecular flexibility index (Phi) is 4.33. The van der Waals surface area contributed by atoms with Gasteiger partial charge in [-0.2, -0.15) is 0 Å². The lowest BCUT2D eigenvalue weighted by Crippen LogP contribution is -2.25. The molecule has 0 radical (unpaired) electrons. The van der Waals surface area contributed by atoms with Crippen molar-refractivity contribution in [1.82, 2.24) is 14.8 Å². The molecule has 0 unspecified atom stereocenters. The van der Waals surface area contributed by atoms with E-state index < -0.39 is 6.09 Å². The molecule has 1 aliphatic heterocycles. The summed E-state index contributed by atoms with van der Waals surface area (Å²) in [4.78, 5) is 23.4. The Labute approximate surface area is 112 Å². The summed E-state index contributed by atoms with van der Waals surface area (Å²) in [6.07, 6.45) is 6.89. The van der Waals surface area contributed by atoms with Crippen molar-refractivity contribution in [2.45, 2.75) is 12.8 Å². The Balaban J connectivity index is 2.09. The van der Waals surface area contributed by atoms with E-state index in [1.165, 1.54) is 23.9 Å². The molecule has 6 nitrogen and oxygen atoms in total. The van der Waals surface area contributed by atoms with Gasteiger partial charge < -0.3 is 14.5 Å². The van der Waals surface area contributed by atoms with Crippen LogP contribution in [0, 0.1) is 0 Å². The Bertz CT molecular complexity index is 467. The van der Waals surface area contributed by atoms with Gasteiger partial charge in [0.05, 0.1) is 12.5 Å². The van der Waals surface area contributed by atoms with Crippen LogP contribution in [0.15, 0.2) is 23.5 Å². The average molecular weight is 262 g/mol. The van der Waals surface area contributed by atoms with Crippen LogP contribution in [0.1, 0.15) is 12.8 Å². The van der Waals surface area contributed by atoms with Gasteiger partial charge in [0, 0.05) is 33.4 Å². The SMILES string of the molecule is CN(C)C(=O)Oc1cnccc1/N=C/N1CCCC1. The fraction of sp³-hybridized carbons (Fsp3) is 0.462. The Morgan fingerprint density at radius 3 is 2.89 bits per heavy atom. The number of aromatic nitrogens is 1. The summed E-state index contributed by atoms with van der Waals surface area (Å²) in [7, 11) is 3.26. The summed E-state index contributed by atoms with van der Waals surface area (Å²) in [5.74, 6) is 0.372. The van der Waals surface area contributed by atoms with Gasteiger partial charge in [0.1, 0.15) is 5.69 Å². The molecule has 0 N–H and O–H groups in total. The molecule has 0 bridgehead atoms. The lowest BCUT2D eigenvalue weighted by Gasteiger charge is -2.12. The molecule has 6 heteroatoms. The first-order valence-electron chi connectivity index (χ1n) is 6.28. The van der Waals surface area contributed by atoms with Crippen molar-refractivity contribution in [3.8, 4) is 5.75 Å². The van der Waals surface area contributed by atoms with E-state index in [-0.39, 0.29) is 0 Å². The first-order valence-corrected chi connectivity index (χ1v) is 6.28. The Morgan fingerprint density at radius 2 is 2.21 bits per heavy atom. The largest absolute Gasteiger partial charge is 0.414 e. The molecule has 0 saturated carbocycles. The van der Waals surface area contributed by atoms with E-state index in [0.29, 0.717) is 11.4 Å². The number of likely N-dealkylation sites (tertiary alicyclic amines) is 1. The summed E-state index contributed by atoms with van der Waals surface area (Å²) in [5.41, 5.74) is 0.608. The highest BCUT2D eigenvalue weighted by Gasteiger charge is 2.11. The maximum absolute atomic E-state index is 11.5. The molecule has 102 valence electrons. The van der Waals surface area contributed by atoms with Crippen molar-refractivity contribution in [2.24, 2.45) is 4.99 Å². The molecular weight excluding hydrogens is 244 g/mol. The molecule has 0 aromatic carbocycles. The minimum Gasteiger partial charge on any atom is -0.406 e. The first-order chi connectivity index (χ1) is 9.16.